The number of hydrogen-bond donors (Lipinski definition) is 0. The summed E-state index contributed by atoms with van der Waals surface area (Å²) < 4.78 is 5.97. The molecule has 31 heavy (non-hydrogen) atoms. The minimum absolute atomic E-state index is 0.0442. The van der Waals surface area contributed by atoms with Crippen LogP contribution in [0.1, 0.15) is 77.0 Å². The molecule has 1 aliphatic carbocycles. The van der Waals surface area contributed by atoms with Gasteiger partial charge in [0.1, 0.15) is 6.10 Å². The third kappa shape index (κ3) is 5.14. The van der Waals surface area contributed by atoms with Gasteiger partial charge in [-0.25, -0.2) is 4.79 Å². The molecule has 0 unspecified atom stereocenters. The Labute approximate surface area is 186 Å². The van der Waals surface area contributed by atoms with E-state index < -0.39 is 5.97 Å². The third-order valence-corrected chi connectivity index (χ3v) is 6.72. The second kappa shape index (κ2) is 9.20. The van der Waals surface area contributed by atoms with E-state index in [0.717, 1.165) is 25.7 Å². The largest absolute Gasteiger partial charge is 0.453 e. The van der Waals surface area contributed by atoms with Gasteiger partial charge in [-0.3, -0.25) is 0 Å². The zero-order valence-corrected chi connectivity index (χ0v) is 19.4. The molecule has 0 aliphatic heterocycles. The van der Waals surface area contributed by atoms with Crippen LogP contribution in [0.3, 0.4) is 0 Å². The van der Waals surface area contributed by atoms with E-state index >= 15 is 0 Å². The van der Waals surface area contributed by atoms with E-state index in [-0.39, 0.29) is 28.6 Å². The maximum atomic E-state index is 12.9. The zero-order valence-electron chi connectivity index (χ0n) is 19.4. The summed E-state index contributed by atoms with van der Waals surface area (Å²) in [4.78, 5) is 16.1. The fraction of sp³-hybridized carbons (Fsp3) is 0.481. The molecule has 0 heterocycles. The first kappa shape index (κ1) is 23.0. The molecule has 0 spiro atoms. The van der Waals surface area contributed by atoms with Crippen LogP contribution in [0, 0.1) is 5.92 Å². The number of benzene rings is 2. The molecule has 3 rings (SSSR count). The summed E-state index contributed by atoms with van der Waals surface area (Å²) in [5, 5.41) is 0. The predicted octanol–water partition coefficient (Wildman–Crippen LogP) is 6.08. The predicted molar refractivity (Wildman–Crippen MR) is 124 cm³/mol. The van der Waals surface area contributed by atoms with E-state index in [4.69, 9.17) is 4.74 Å². The SMILES string of the molecule is CC(C)(C)c1ccc(C(C)(C)[C@H]2CCCC[C@@H]2OC(=O)C(=[N+]=[N-])c2ccccc2)cc1. The lowest BCUT2D eigenvalue weighted by Crippen LogP contribution is -2.43. The molecular weight excluding hydrogens is 384 g/mol. The van der Waals surface area contributed by atoms with Gasteiger partial charge in [-0.05, 0) is 53.4 Å². The van der Waals surface area contributed by atoms with Gasteiger partial charge in [0, 0.05) is 5.92 Å². The van der Waals surface area contributed by atoms with Crippen LogP contribution in [-0.4, -0.2) is 22.6 Å². The average Bonchev–Trinajstić information content (AvgIpc) is 2.75. The molecule has 2 aromatic rings. The van der Waals surface area contributed by atoms with Crippen LogP contribution >= 0.6 is 0 Å². The zero-order chi connectivity index (χ0) is 22.6. The van der Waals surface area contributed by atoms with Gasteiger partial charge < -0.3 is 10.3 Å². The highest BCUT2D eigenvalue weighted by molar-refractivity contribution is 6.40. The lowest BCUT2D eigenvalue weighted by molar-refractivity contribution is -0.151. The third-order valence-electron chi connectivity index (χ3n) is 6.72. The summed E-state index contributed by atoms with van der Waals surface area (Å²) >= 11 is 0. The number of hydrogen-bond acceptors (Lipinski definition) is 2. The molecule has 0 bridgehead atoms. The Kier molecular flexibility index (Phi) is 6.81. The number of carbonyl (C=O) groups is 1. The van der Waals surface area contributed by atoms with E-state index in [1.165, 1.54) is 11.1 Å². The fourth-order valence-corrected chi connectivity index (χ4v) is 4.68. The van der Waals surface area contributed by atoms with Gasteiger partial charge >= 0.3 is 11.7 Å². The maximum absolute atomic E-state index is 12.9. The van der Waals surface area contributed by atoms with E-state index in [9.17, 15) is 10.3 Å². The molecule has 0 saturated heterocycles. The number of esters is 1. The van der Waals surface area contributed by atoms with E-state index in [0.29, 0.717) is 5.56 Å². The van der Waals surface area contributed by atoms with Crippen molar-refractivity contribution in [2.24, 2.45) is 5.92 Å². The average molecular weight is 419 g/mol. The standard InChI is InChI=1S/C27H34N2O2/c1-26(2,3)20-15-17-21(18-16-20)27(4,5)22-13-9-10-14-23(22)31-25(30)24(29-28)19-11-7-6-8-12-19/h6-8,11-12,15-18,22-23H,9-10,13-14H2,1-5H3/t22-,23-/m0/s1. The van der Waals surface area contributed by atoms with Crippen molar-refractivity contribution >= 4 is 11.7 Å². The van der Waals surface area contributed by atoms with Crippen molar-refractivity contribution < 1.29 is 14.3 Å². The first-order valence-electron chi connectivity index (χ1n) is 11.2. The minimum atomic E-state index is -0.565. The van der Waals surface area contributed by atoms with Crippen LogP contribution < -0.4 is 0 Å². The van der Waals surface area contributed by atoms with E-state index in [1.54, 1.807) is 12.1 Å². The van der Waals surface area contributed by atoms with Crippen molar-refractivity contribution in [3.63, 3.8) is 0 Å². The molecule has 0 radical (unpaired) electrons. The fourth-order valence-electron chi connectivity index (χ4n) is 4.68. The summed E-state index contributed by atoms with van der Waals surface area (Å²) in [5.41, 5.74) is 12.5. The first-order chi connectivity index (χ1) is 14.6. The molecule has 0 amide bonds. The summed E-state index contributed by atoms with van der Waals surface area (Å²) in [6.45, 7) is 11.1. The summed E-state index contributed by atoms with van der Waals surface area (Å²) in [6.07, 6.45) is 3.78. The second-order valence-electron chi connectivity index (χ2n) is 10.2. The topological polar surface area (TPSA) is 62.7 Å². The highest BCUT2D eigenvalue weighted by Gasteiger charge is 2.41. The van der Waals surface area contributed by atoms with Crippen molar-refractivity contribution in [1.29, 1.82) is 0 Å². The van der Waals surface area contributed by atoms with Crippen LogP contribution in [0.25, 0.3) is 5.53 Å². The number of carbonyl (C=O) groups excluding carboxylic acids is 1. The van der Waals surface area contributed by atoms with Crippen molar-refractivity contribution in [2.45, 2.75) is 77.2 Å². The van der Waals surface area contributed by atoms with Gasteiger partial charge in [0.25, 0.3) is 0 Å². The Hall–Kier alpha value is -2.71. The highest BCUT2D eigenvalue weighted by atomic mass is 16.5. The molecule has 2 atom stereocenters. The van der Waals surface area contributed by atoms with Gasteiger partial charge in [-0.2, -0.15) is 4.79 Å². The highest BCUT2D eigenvalue weighted by Crippen LogP contribution is 2.42. The van der Waals surface area contributed by atoms with Gasteiger partial charge in [0.05, 0.1) is 5.56 Å². The second-order valence-corrected chi connectivity index (χ2v) is 10.2. The van der Waals surface area contributed by atoms with Crippen LogP contribution in [-0.2, 0) is 20.4 Å². The first-order valence-corrected chi connectivity index (χ1v) is 11.2. The van der Waals surface area contributed by atoms with Gasteiger partial charge in [0.2, 0.25) is 0 Å². The van der Waals surface area contributed by atoms with E-state index in [1.807, 2.05) is 18.2 Å². The monoisotopic (exact) mass is 418 g/mol. The van der Waals surface area contributed by atoms with Crippen LogP contribution in [0.5, 0.6) is 0 Å². The molecule has 0 aromatic heterocycles. The lowest BCUT2D eigenvalue weighted by atomic mass is 9.66. The molecule has 4 heteroatoms. The Morgan fingerprint density at radius 2 is 1.48 bits per heavy atom. The van der Waals surface area contributed by atoms with Crippen molar-refractivity contribution in [1.82, 2.24) is 0 Å². The van der Waals surface area contributed by atoms with Gasteiger partial charge in [-0.1, -0.05) is 83.5 Å². The summed E-state index contributed by atoms with van der Waals surface area (Å²) in [5.74, 6) is -0.370. The normalized spacial score (nSPS) is 19.4. The van der Waals surface area contributed by atoms with Crippen LogP contribution in [0.15, 0.2) is 54.6 Å². The molecule has 1 saturated carbocycles. The molecule has 1 aliphatic rings. The van der Waals surface area contributed by atoms with Crippen molar-refractivity contribution in [3.8, 4) is 0 Å². The van der Waals surface area contributed by atoms with E-state index in [2.05, 4.69) is 63.7 Å². The molecule has 2 aromatic carbocycles. The Morgan fingerprint density at radius 1 is 0.903 bits per heavy atom. The summed E-state index contributed by atoms with van der Waals surface area (Å²) in [6, 6.07) is 17.8. The Bertz CT molecular complexity index is 949. The maximum Gasteiger partial charge on any atom is 0.422 e. The van der Waals surface area contributed by atoms with Gasteiger partial charge in [0.15, 0.2) is 0 Å². The van der Waals surface area contributed by atoms with Crippen molar-refractivity contribution in [2.75, 3.05) is 0 Å². The van der Waals surface area contributed by atoms with Gasteiger partial charge in [-0.15, -0.1) is 0 Å². The molecular formula is C27H34N2O2. The smallest absolute Gasteiger partial charge is 0.422 e. The minimum Gasteiger partial charge on any atom is -0.453 e. The van der Waals surface area contributed by atoms with Crippen LogP contribution in [0.2, 0.25) is 0 Å². The lowest BCUT2D eigenvalue weighted by Gasteiger charge is -2.42. The number of rotatable bonds is 5. The summed E-state index contributed by atoms with van der Waals surface area (Å²) in [7, 11) is 0. The Morgan fingerprint density at radius 3 is 2.06 bits per heavy atom. The molecule has 1 fully saturated rings. The number of nitrogens with zero attached hydrogens (tertiary/aromatic N) is 2. The molecule has 4 nitrogen and oxygen atoms in total. The molecule has 164 valence electrons. The molecule has 0 N–H and O–H groups in total. The van der Waals surface area contributed by atoms with Crippen LogP contribution in [0.4, 0.5) is 0 Å². The Balaban J connectivity index is 1.82. The number of ether oxygens (including phenoxy) is 1. The quantitative estimate of drug-likeness (QED) is 0.255. The van der Waals surface area contributed by atoms with Crippen molar-refractivity contribution in [3.05, 3.63) is 76.8 Å².